The van der Waals surface area contributed by atoms with Gasteiger partial charge in [0.1, 0.15) is 5.75 Å². The van der Waals surface area contributed by atoms with Crippen LogP contribution in [0.15, 0.2) is 12.1 Å². The first-order valence-electron chi connectivity index (χ1n) is 7.78. The van der Waals surface area contributed by atoms with Gasteiger partial charge in [-0.3, -0.25) is 0 Å². The summed E-state index contributed by atoms with van der Waals surface area (Å²) < 4.78 is 1.88. The van der Waals surface area contributed by atoms with Crippen molar-refractivity contribution in [2.24, 2.45) is 0 Å². The van der Waals surface area contributed by atoms with Crippen molar-refractivity contribution in [1.82, 2.24) is 4.57 Å². The van der Waals surface area contributed by atoms with Crippen molar-refractivity contribution >= 4 is 0 Å². The van der Waals surface area contributed by atoms with E-state index in [1.807, 2.05) is 4.57 Å². The van der Waals surface area contributed by atoms with Crippen LogP contribution in [0, 0.1) is 13.8 Å². The summed E-state index contributed by atoms with van der Waals surface area (Å²) in [6.07, 6.45) is 3.86. The van der Waals surface area contributed by atoms with Crippen molar-refractivity contribution in [2.75, 3.05) is 0 Å². The van der Waals surface area contributed by atoms with Gasteiger partial charge in [0.2, 0.25) is 5.88 Å². The molecule has 1 aromatic carbocycles. The first kappa shape index (κ1) is 14.1. The molecule has 0 unspecified atom stereocenters. The Labute approximate surface area is 125 Å². The summed E-state index contributed by atoms with van der Waals surface area (Å²) in [4.78, 5) is 0. The van der Waals surface area contributed by atoms with Gasteiger partial charge in [0.15, 0.2) is 0 Å². The molecular formula is C18H23NO2. The predicted molar refractivity (Wildman–Crippen MR) is 85.0 cm³/mol. The van der Waals surface area contributed by atoms with E-state index in [4.69, 9.17) is 0 Å². The van der Waals surface area contributed by atoms with E-state index in [0.29, 0.717) is 5.56 Å². The lowest BCUT2D eigenvalue weighted by molar-refractivity contribution is 0.391. The van der Waals surface area contributed by atoms with Crippen molar-refractivity contribution in [3.63, 3.8) is 0 Å². The van der Waals surface area contributed by atoms with E-state index in [-0.39, 0.29) is 11.6 Å². The maximum atomic E-state index is 10.6. The molecule has 1 aromatic heterocycles. The zero-order valence-electron chi connectivity index (χ0n) is 13.0. The fraction of sp³-hybridized carbons (Fsp3) is 0.444. The van der Waals surface area contributed by atoms with Crippen LogP contribution in [0.2, 0.25) is 0 Å². The highest BCUT2D eigenvalue weighted by atomic mass is 16.3. The molecule has 3 heteroatoms. The molecule has 0 amide bonds. The van der Waals surface area contributed by atoms with Crippen molar-refractivity contribution in [2.45, 2.75) is 53.0 Å². The highest BCUT2D eigenvalue weighted by Gasteiger charge is 2.27. The van der Waals surface area contributed by atoms with Crippen LogP contribution in [-0.2, 0) is 19.4 Å². The molecule has 1 aliphatic rings. The van der Waals surface area contributed by atoms with Gasteiger partial charge in [-0.2, -0.15) is 0 Å². The molecule has 3 nitrogen and oxygen atoms in total. The summed E-state index contributed by atoms with van der Waals surface area (Å²) in [6.45, 7) is 7.04. The number of aromatic nitrogens is 1. The van der Waals surface area contributed by atoms with E-state index in [9.17, 15) is 10.2 Å². The second-order valence-corrected chi connectivity index (χ2v) is 6.07. The van der Waals surface area contributed by atoms with E-state index in [1.165, 1.54) is 11.1 Å². The molecule has 0 saturated heterocycles. The molecule has 2 N–H and O–H groups in total. The minimum atomic E-state index is 0.226. The summed E-state index contributed by atoms with van der Waals surface area (Å²) in [7, 11) is 0. The van der Waals surface area contributed by atoms with Crippen molar-refractivity contribution in [1.29, 1.82) is 0 Å². The highest BCUT2D eigenvalue weighted by Crippen LogP contribution is 2.47. The molecule has 0 bridgehead atoms. The van der Waals surface area contributed by atoms with Crippen LogP contribution in [-0.4, -0.2) is 14.8 Å². The molecule has 3 rings (SSSR count). The third-order valence-electron chi connectivity index (χ3n) is 4.55. The van der Waals surface area contributed by atoms with Crippen molar-refractivity contribution < 1.29 is 10.2 Å². The largest absolute Gasteiger partial charge is 0.505 e. The highest BCUT2D eigenvalue weighted by molar-refractivity contribution is 5.82. The number of aromatic hydroxyl groups is 2. The number of hydrogen-bond donors (Lipinski definition) is 2. The average Bonchev–Trinajstić information content (AvgIpc) is 2.71. The first-order valence-corrected chi connectivity index (χ1v) is 7.78. The van der Waals surface area contributed by atoms with Gasteiger partial charge in [0.25, 0.3) is 0 Å². The summed E-state index contributed by atoms with van der Waals surface area (Å²) >= 11 is 0. The zero-order valence-corrected chi connectivity index (χ0v) is 13.0. The third-order valence-corrected chi connectivity index (χ3v) is 4.55. The quantitative estimate of drug-likeness (QED) is 0.873. The fourth-order valence-corrected chi connectivity index (χ4v) is 3.62. The molecular weight excluding hydrogens is 262 g/mol. The van der Waals surface area contributed by atoms with Crippen molar-refractivity contribution in [3.8, 4) is 22.8 Å². The monoisotopic (exact) mass is 285 g/mol. The molecule has 21 heavy (non-hydrogen) atoms. The normalized spacial score (nSPS) is 14.2. The summed E-state index contributed by atoms with van der Waals surface area (Å²) in [5, 5.41) is 21.3. The molecule has 0 saturated carbocycles. The van der Waals surface area contributed by atoms with Gasteiger partial charge in [-0.25, -0.2) is 0 Å². The van der Waals surface area contributed by atoms with Crippen LogP contribution in [0.25, 0.3) is 11.1 Å². The molecule has 0 spiro atoms. The number of rotatable bonds is 2. The Bertz CT molecular complexity index is 668. The first-order chi connectivity index (χ1) is 10.0. The maximum Gasteiger partial charge on any atom is 0.203 e. The fourth-order valence-electron chi connectivity index (χ4n) is 3.62. The van der Waals surface area contributed by atoms with Crippen LogP contribution >= 0.6 is 0 Å². The van der Waals surface area contributed by atoms with Crippen LogP contribution in [0.4, 0.5) is 0 Å². The van der Waals surface area contributed by atoms with Crippen LogP contribution in [0.3, 0.4) is 0 Å². The third kappa shape index (κ3) is 2.11. The Hall–Kier alpha value is -1.90. The standard InChI is InChI=1S/C18H23NO2/c1-4-13-10-11(2)9-12(3)15(13)16-17(20)14-7-5-6-8-19(14)18(16)21/h9-10,20-21H,4-8H2,1-3H3. The number of aryl methyl sites for hydroxylation is 3. The average molecular weight is 285 g/mol. The van der Waals surface area contributed by atoms with E-state index >= 15 is 0 Å². The predicted octanol–water partition coefficient (Wildman–Crippen LogP) is 4.08. The topological polar surface area (TPSA) is 45.4 Å². The number of fused-ring (bicyclic) bond motifs is 1. The molecule has 0 fully saturated rings. The second-order valence-electron chi connectivity index (χ2n) is 6.07. The molecule has 112 valence electrons. The lowest BCUT2D eigenvalue weighted by Gasteiger charge is -2.15. The molecule has 0 aliphatic carbocycles. The van der Waals surface area contributed by atoms with Crippen LogP contribution in [0.5, 0.6) is 11.6 Å². The lowest BCUT2D eigenvalue weighted by Crippen LogP contribution is -2.08. The van der Waals surface area contributed by atoms with Crippen LogP contribution in [0.1, 0.15) is 42.1 Å². The van der Waals surface area contributed by atoms with Crippen LogP contribution < -0.4 is 0 Å². The molecule has 2 aromatic rings. The Balaban J connectivity index is 2.29. The Morgan fingerprint density at radius 3 is 2.52 bits per heavy atom. The minimum Gasteiger partial charge on any atom is -0.505 e. The SMILES string of the molecule is CCc1cc(C)cc(C)c1-c1c(O)c2n(c1O)CCCC2. The zero-order chi connectivity index (χ0) is 15.1. The van der Waals surface area contributed by atoms with Gasteiger partial charge in [0.05, 0.1) is 11.3 Å². The van der Waals surface area contributed by atoms with Crippen molar-refractivity contribution in [3.05, 3.63) is 34.5 Å². The van der Waals surface area contributed by atoms with Gasteiger partial charge < -0.3 is 14.8 Å². The maximum absolute atomic E-state index is 10.6. The molecule has 0 radical (unpaired) electrons. The van der Waals surface area contributed by atoms with E-state index in [0.717, 1.165) is 49.0 Å². The number of hydrogen-bond acceptors (Lipinski definition) is 2. The second kappa shape index (κ2) is 5.14. The van der Waals surface area contributed by atoms with E-state index in [2.05, 4.69) is 32.9 Å². The van der Waals surface area contributed by atoms with Gasteiger partial charge in [-0.1, -0.05) is 24.6 Å². The molecule has 0 atom stereocenters. The van der Waals surface area contributed by atoms with Gasteiger partial charge >= 0.3 is 0 Å². The molecule has 1 aliphatic heterocycles. The number of nitrogens with zero attached hydrogens (tertiary/aromatic N) is 1. The Morgan fingerprint density at radius 2 is 1.86 bits per heavy atom. The molecule has 2 heterocycles. The Kier molecular flexibility index (Phi) is 3.44. The summed E-state index contributed by atoms with van der Waals surface area (Å²) in [5.41, 5.74) is 6.02. The van der Waals surface area contributed by atoms with E-state index < -0.39 is 0 Å². The Morgan fingerprint density at radius 1 is 1.10 bits per heavy atom. The lowest BCUT2D eigenvalue weighted by atomic mass is 9.92. The number of benzene rings is 1. The van der Waals surface area contributed by atoms with Gasteiger partial charge in [-0.05, 0) is 56.2 Å². The smallest absolute Gasteiger partial charge is 0.203 e. The van der Waals surface area contributed by atoms with Gasteiger partial charge in [0, 0.05) is 6.54 Å². The summed E-state index contributed by atoms with van der Waals surface area (Å²) in [6, 6.07) is 4.27. The summed E-state index contributed by atoms with van der Waals surface area (Å²) in [5.74, 6) is 0.498. The minimum absolute atomic E-state index is 0.226. The van der Waals surface area contributed by atoms with E-state index in [1.54, 1.807) is 0 Å². The van der Waals surface area contributed by atoms with Gasteiger partial charge in [-0.15, -0.1) is 0 Å².